The molecule has 4 heteroatoms. The van der Waals surface area contributed by atoms with Gasteiger partial charge in [0.15, 0.2) is 0 Å². The molecule has 0 aliphatic carbocycles. The van der Waals surface area contributed by atoms with Crippen molar-refractivity contribution in [3.05, 3.63) is 17.8 Å². The standard InChI is InChI=1S/C14H24N2O2/c1-5-14(4)8-12(6-7-17-14)16-11(3)13-15-9-10(2)18-13/h9,11-12,16H,5-8H2,1-4H3. The first-order valence-electron chi connectivity index (χ1n) is 6.85. The Hall–Kier alpha value is -0.870. The van der Waals surface area contributed by atoms with E-state index in [1.165, 1.54) is 0 Å². The average Bonchev–Trinajstić information content (AvgIpc) is 2.76. The van der Waals surface area contributed by atoms with Gasteiger partial charge in [-0.15, -0.1) is 0 Å². The fraction of sp³-hybridized carbons (Fsp3) is 0.786. The molecule has 2 heterocycles. The summed E-state index contributed by atoms with van der Waals surface area (Å²) in [5, 5.41) is 3.60. The lowest BCUT2D eigenvalue weighted by atomic mass is 9.89. The van der Waals surface area contributed by atoms with Crippen LogP contribution in [-0.4, -0.2) is 23.2 Å². The number of nitrogens with one attached hydrogen (secondary N) is 1. The number of aryl methyl sites for hydroxylation is 1. The molecule has 2 rings (SSSR count). The molecule has 1 aromatic rings. The zero-order valence-corrected chi connectivity index (χ0v) is 11.8. The van der Waals surface area contributed by atoms with Gasteiger partial charge in [-0.05, 0) is 40.0 Å². The van der Waals surface area contributed by atoms with Crippen molar-refractivity contribution >= 4 is 0 Å². The van der Waals surface area contributed by atoms with E-state index in [2.05, 4.69) is 31.1 Å². The summed E-state index contributed by atoms with van der Waals surface area (Å²) in [4.78, 5) is 4.28. The first kappa shape index (κ1) is 13.6. The number of oxazole rings is 1. The third-order valence-corrected chi connectivity index (χ3v) is 3.84. The largest absolute Gasteiger partial charge is 0.444 e. The normalized spacial score (nSPS) is 30.3. The molecule has 0 radical (unpaired) electrons. The second kappa shape index (κ2) is 5.41. The van der Waals surface area contributed by atoms with Crippen LogP contribution in [0.15, 0.2) is 10.6 Å². The number of nitrogens with zero attached hydrogens (tertiary/aromatic N) is 1. The Morgan fingerprint density at radius 1 is 1.61 bits per heavy atom. The van der Waals surface area contributed by atoms with Gasteiger partial charge in [-0.1, -0.05) is 6.92 Å². The van der Waals surface area contributed by atoms with Crippen molar-refractivity contribution in [3.63, 3.8) is 0 Å². The molecule has 0 amide bonds. The number of hydrogen-bond donors (Lipinski definition) is 1. The van der Waals surface area contributed by atoms with Crippen LogP contribution in [0.25, 0.3) is 0 Å². The molecule has 0 aromatic carbocycles. The lowest BCUT2D eigenvalue weighted by Crippen LogP contribution is -2.45. The monoisotopic (exact) mass is 252 g/mol. The van der Waals surface area contributed by atoms with E-state index in [4.69, 9.17) is 9.15 Å². The van der Waals surface area contributed by atoms with Crippen LogP contribution in [0.5, 0.6) is 0 Å². The van der Waals surface area contributed by atoms with Gasteiger partial charge >= 0.3 is 0 Å². The van der Waals surface area contributed by atoms with Crippen LogP contribution in [0.4, 0.5) is 0 Å². The molecule has 1 fully saturated rings. The Bertz CT molecular complexity index is 391. The lowest BCUT2D eigenvalue weighted by Gasteiger charge is -2.38. The fourth-order valence-corrected chi connectivity index (χ4v) is 2.52. The van der Waals surface area contributed by atoms with E-state index in [-0.39, 0.29) is 11.6 Å². The quantitative estimate of drug-likeness (QED) is 0.895. The van der Waals surface area contributed by atoms with Crippen LogP contribution in [0.1, 0.15) is 57.7 Å². The molecule has 3 unspecified atom stereocenters. The van der Waals surface area contributed by atoms with E-state index in [1.807, 2.05) is 6.92 Å². The Labute approximate surface area is 109 Å². The molecule has 0 bridgehead atoms. The van der Waals surface area contributed by atoms with Crippen LogP contribution in [-0.2, 0) is 4.74 Å². The van der Waals surface area contributed by atoms with Gasteiger partial charge < -0.3 is 14.5 Å². The molecular weight excluding hydrogens is 228 g/mol. The van der Waals surface area contributed by atoms with Crippen molar-refractivity contribution in [1.29, 1.82) is 0 Å². The van der Waals surface area contributed by atoms with Crippen molar-refractivity contribution in [2.75, 3.05) is 6.61 Å². The van der Waals surface area contributed by atoms with Crippen molar-refractivity contribution in [1.82, 2.24) is 10.3 Å². The summed E-state index contributed by atoms with van der Waals surface area (Å²) in [5.41, 5.74) is 0.0160. The molecule has 0 saturated carbocycles. The van der Waals surface area contributed by atoms with Gasteiger partial charge in [0.05, 0.1) is 17.8 Å². The van der Waals surface area contributed by atoms with E-state index in [0.717, 1.165) is 37.5 Å². The van der Waals surface area contributed by atoms with Crippen LogP contribution in [0, 0.1) is 6.92 Å². The SMILES string of the molecule is CCC1(C)CC(NC(C)c2ncc(C)o2)CCO1. The minimum Gasteiger partial charge on any atom is -0.444 e. The lowest BCUT2D eigenvalue weighted by molar-refractivity contribution is -0.0792. The van der Waals surface area contributed by atoms with E-state index in [9.17, 15) is 0 Å². The summed E-state index contributed by atoms with van der Waals surface area (Å²) < 4.78 is 11.4. The van der Waals surface area contributed by atoms with Crippen molar-refractivity contribution in [3.8, 4) is 0 Å². The molecule has 1 aliphatic heterocycles. The minimum absolute atomic E-state index is 0.0160. The fourth-order valence-electron chi connectivity index (χ4n) is 2.52. The maximum absolute atomic E-state index is 5.86. The molecule has 0 spiro atoms. The molecule has 3 atom stereocenters. The van der Waals surface area contributed by atoms with E-state index in [0.29, 0.717) is 6.04 Å². The highest BCUT2D eigenvalue weighted by atomic mass is 16.5. The zero-order chi connectivity index (χ0) is 13.2. The summed E-state index contributed by atoms with van der Waals surface area (Å²) in [7, 11) is 0. The van der Waals surface area contributed by atoms with Crippen LogP contribution >= 0.6 is 0 Å². The van der Waals surface area contributed by atoms with Crippen LogP contribution in [0.3, 0.4) is 0 Å². The van der Waals surface area contributed by atoms with Gasteiger partial charge in [0.1, 0.15) is 5.76 Å². The van der Waals surface area contributed by atoms with Crippen molar-refractivity contribution in [2.45, 2.75) is 64.6 Å². The van der Waals surface area contributed by atoms with Crippen molar-refractivity contribution < 1.29 is 9.15 Å². The molecule has 1 aliphatic rings. The summed E-state index contributed by atoms with van der Waals surface area (Å²) in [6, 6.07) is 0.633. The molecular formula is C14H24N2O2. The van der Waals surface area contributed by atoms with Gasteiger partial charge in [-0.2, -0.15) is 0 Å². The van der Waals surface area contributed by atoms with Crippen molar-refractivity contribution in [2.24, 2.45) is 0 Å². The summed E-state index contributed by atoms with van der Waals surface area (Å²) in [6.07, 6.45) is 4.93. The maximum Gasteiger partial charge on any atom is 0.211 e. The maximum atomic E-state index is 5.86. The second-order valence-electron chi connectivity index (χ2n) is 5.54. The van der Waals surface area contributed by atoms with Gasteiger partial charge in [-0.25, -0.2) is 4.98 Å². The third-order valence-electron chi connectivity index (χ3n) is 3.84. The first-order chi connectivity index (χ1) is 8.52. The third kappa shape index (κ3) is 3.12. The molecule has 1 saturated heterocycles. The van der Waals surface area contributed by atoms with Crippen LogP contribution < -0.4 is 5.32 Å². The van der Waals surface area contributed by atoms with Gasteiger partial charge in [0, 0.05) is 12.6 Å². The Morgan fingerprint density at radius 3 is 3.00 bits per heavy atom. The van der Waals surface area contributed by atoms with Crippen LogP contribution in [0.2, 0.25) is 0 Å². The molecule has 1 aromatic heterocycles. The minimum atomic E-state index is 0.0160. The number of ether oxygens (including phenoxy) is 1. The number of hydrogen-bond acceptors (Lipinski definition) is 4. The summed E-state index contributed by atoms with van der Waals surface area (Å²) in [5.74, 6) is 1.64. The highest BCUT2D eigenvalue weighted by Crippen LogP contribution is 2.29. The molecule has 18 heavy (non-hydrogen) atoms. The second-order valence-corrected chi connectivity index (χ2v) is 5.54. The van der Waals surface area contributed by atoms with Gasteiger partial charge in [-0.3, -0.25) is 0 Å². The smallest absolute Gasteiger partial charge is 0.211 e. The van der Waals surface area contributed by atoms with E-state index >= 15 is 0 Å². The average molecular weight is 252 g/mol. The molecule has 4 nitrogen and oxygen atoms in total. The van der Waals surface area contributed by atoms with E-state index in [1.54, 1.807) is 6.20 Å². The highest BCUT2D eigenvalue weighted by molar-refractivity contribution is 4.96. The number of rotatable bonds is 4. The molecule has 1 N–H and O–H groups in total. The topological polar surface area (TPSA) is 47.3 Å². The first-order valence-corrected chi connectivity index (χ1v) is 6.85. The predicted molar refractivity (Wildman–Crippen MR) is 70.5 cm³/mol. The summed E-state index contributed by atoms with van der Waals surface area (Å²) in [6.45, 7) is 9.24. The Kier molecular flexibility index (Phi) is 4.07. The van der Waals surface area contributed by atoms with Gasteiger partial charge in [0.2, 0.25) is 5.89 Å². The highest BCUT2D eigenvalue weighted by Gasteiger charge is 2.32. The molecule has 102 valence electrons. The number of aromatic nitrogens is 1. The Morgan fingerprint density at radius 2 is 2.39 bits per heavy atom. The van der Waals surface area contributed by atoms with Gasteiger partial charge in [0.25, 0.3) is 0 Å². The zero-order valence-electron chi connectivity index (χ0n) is 11.8. The van der Waals surface area contributed by atoms with E-state index < -0.39 is 0 Å². The predicted octanol–water partition coefficient (Wildman–Crippen LogP) is 2.98. The summed E-state index contributed by atoms with van der Waals surface area (Å²) >= 11 is 0. The Balaban J connectivity index is 1.93.